The molecule has 1 unspecified atom stereocenters. The molecule has 390 valence electrons. The van der Waals surface area contributed by atoms with E-state index >= 15 is 0 Å². The van der Waals surface area contributed by atoms with Crippen molar-refractivity contribution in [3.05, 3.63) is 158 Å². The lowest BCUT2D eigenvalue weighted by Gasteiger charge is -2.18. The second-order valence-corrected chi connectivity index (χ2v) is 17.6. The molecule has 0 aliphatic rings. The van der Waals surface area contributed by atoms with Gasteiger partial charge in [-0.15, -0.1) is 0 Å². The molecule has 70 heavy (non-hydrogen) atoms. The molecule has 1 atom stereocenters. The van der Waals surface area contributed by atoms with E-state index < -0.39 is 6.10 Å². The van der Waals surface area contributed by atoms with E-state index in [0.29, 0.717) is 12.8 Å². The Morgan fingerprint density at radius 1 is 0.314 bits per heavy atom. The third-order valence-electron chi connectivity index (χ3n) is 11.0. The van der Waals surface area contributed by atoms with Gasteiger partial charge in [0, 0.05) is 19.3 Å². The molecule has 0 fully saturated rings. The molecule has 0 aromatic rings. The average Bonchev–Trinajstić information content (AvgIpc) is 3.36. The van der Waals surface area contributed by atoms with Crippen LogP contribution in [0.15, 0.2) is 158 Å². The lowest BCUT2D eigenvalue weighted by Crippen LogP contribution is -2.30. The Kier molecular flexibility index (Phi) is 52.6. The molecule has 0 saturated carbocycles. The molecule has 0 N–H and O–H groups in total. The van der Waals surface area contributed by atoms with E-state index in [1.165, 1.54) is 32.1 Å². The fourth-order valence-corrected chi connectivity index (χ4v) is 6.88. The summed E-state index contributed by atoms with van der Waals surface area (Å²) in [6, 6.07) is 0. The Hall–Kier alpha value is -4.97. The van der Waals surface area contributed by atoms with Crippen molar-refractivity contribution >= 4 is 17.9 Å². The van der Waals surface area contributed by atoms with Crippen LogP contribution in [-0.4, -0.2) is 37.2 Å². The fourth-order valence-electron chi connectivity index (χ4n) is 6.88. The molecule has 0 aliphatic carbocycles. The number of unbranched alkanes of at least 4 members (excludes halogenated alkanes) is 17. The number of esters is 3. The van der Waals surface area contributed by atoms with Crippen LogP contribution in [0.25, 0.3) is 0 Å². The minimum atomic E-state index is -0.823. The first-order chi connectivity index (χ1) is 34.5. The van der Waals surface area contributed by atoms with Crippen LogP contribution >= 0.6 is 0 Å². The van der Waals surface area contributed by atoms with Crippen molar-refractivity contribution in [1.82, 2.24) is 0 Å². The van der Waals surface area contributed by atoms with Crippen LogP contribution in [0.2, 0.25) is 0 Å². The van der Waals surface area contributed by atoms with Crippen LogP contribution in [0.5, 0.6) is 0 Å². The molecule has 0 aromatic heterocycles. The van der Waals surface area contributed by atoms with Crippen molar-refractivity contribution in [2.24, 2.45) is 0 Å². The van der Waals surface area contributed by atoms with Crippen molar-refractivity contribution in [3.63, 3.8) is 0 Å². The highest BCUT2D eigenvalue weighted by atomic mass is 16.6. The highest BCUT2D eigenvalue weighted by molar-refractivity contribution is 5.71. The third kappa shape index (κ3) is 54.0. The standard InChI is InChI=1S/C64H98O6/c1-4-7-10-13-16-19-22-25-28-30-32-34-36-39-42-45-48-51-54-57-63(66)69-60-61(59-68-62(65)56-53-50-47-44-41-38-35-27-24-21-18-15-12-9-6-3)70-64(67)58-55-52-49-46-43-40-37-33-31-29-26-23-20-17-14-11-8-5-2/h7,9-10,12,15-21,23-29,31-35,37-38,41,61H,4-6,8,11,13-14,22,30,36,39-40,42-60H2,1-3H3/b10-7-,12-9-,18-15-,19-16-,20-17-,24-21-,26-23-,28-25-,31-29-,34-32-,35-27-,37-33-,41-38-. The summed E-state index contributed by atoms with van der Waals surface area (Å²) >= 11 is 0. The first kappa shape index (κ1) is 65.0. The van der Waals surface area contributed by atoms with Crippen LogP contribution in [-0.2, 0) is 28.6 Å². The lowest BCUT2D eigenvalue weighted by atomic mass is 10.1. The first-order valence-electron chi connectivity index (χ1n) is 27.6. The summed E-state index contributed by atoms with van der Waals surface area (Å²) in [5.74, 6) is -1.01. The largest absolute Gasteiger partial charge is 0.462 e. The quantitative estimate of drug-likeness (QED) is 0.0199. The Morgan fingerprint density at radius 2 is 0.629 bits per heavy atom. The topological polar surface area (TPSA) is 78.9 Å². The summed E-state index contributed by atoms with van der Waals surface area (Å²) in [7, 11) is 0. The predicted molar refractivity (Wildman–Crippen MR) is 302 cm³/mol. The van der Waals surface area contributed by atoms with Gasteiger partial charge in [0.1, 0.15) is 13.2 Å². The summed E-state index contributed by atoms with van der Waals surface area (Å²) < 4.78 is 16.8. The summed E-state index contributed by atoms with van der Waals surface area (Å²) in [6.45, 7) is 6.25. The molecule has 0 bridgehead atoms. The van der Waals surface area contributed by atoms with Crippen molar-refractivity contribution in [2.45, 2.75) is 213 Å². The molecule has 0 saturated heterocycles. The van der Waals surface area contributed by atoms with E-state index in [-0.39, 0.29) is 37.5 Å². The Balaban J connectivity index is 4.57. The normalized spacial score (nSPS) is 13.4. The lowest BCUT2D eigenvalue weighted by molar-refractivity contribution is -0.167. The maximum Gasteiger partial charge on any atom is 0.306 e. The predicted octanol–water partition coefficient (Wildman–Crippen LogP) is 18.6. The third-order valence-corrected chi connectivity index (χ3v) is 11.0. The van der Waals surface area contributed by atoms with Gasteiger partial charge in [0.2, 0.25) is 0 Å². The average molecular weight is 963 g/mol. The number of carbonyl (C=O) groups is 3. The van der Waals surface area contributed by atoms with E-state index in [0.717, 1.165) is 135 Å². The zero-order valence-corrected chi connectivity index (χ0v) is 44.5. The van der Waals surface area contributed by atoms with Crippen LogP contribution < -0.4 is 0 Å². The van der Waals surface area contributed by atoms with Crippen LogP contribution in [0.4, 0.5) is 0 Å². The molecule has 0 heterocycles. The molecular formula is C64H98O6. The van der Waals surface area contributed by atoms with Gasteiger partial charge in [-0.1, -0.05) is 243 Å². The van der Waals surface area contributed by atoms with Crippen molar-refractivity contribution < 1.29 is 28.6 Å². The van der Waals surface area contributed by atoms with Gasteiger partial charge in [-0.3, -0.25) is 14.4 Å². The van der Waals surface area contributed by atoms with Gasteiger partial charge in [-0.25, -0.2) is 0 Å². The molecule has 0 aromatic carbocycles. The van der Waals surface area contributed by atoms with Crippen molar-refractivity contribution in [1.29, 1.82) is 0 Å². The van der Waals surface area contributed by atoms with Crippen LogP contribution in [0.3, 0.4) is 0 Å². The Morgan fingerprint density at radius 3 is 1.06 bits per heavy atom. The monoisotopic (exact) mass is 963 g/mol. The van der Waals surface area contributed by atoms with Gasteiger partial charge in [0.25, 0.3) is 0 Å². The van der Waals surface area contributed by atoms with Gasteiger partial charge < -0.3 is 14.2 Å². The molecule has 0 spiro atoms. The zero-order chi connectivity index (χ0) is 50.7. The highest BCUT2D eigenvalue weighted by Gasteiger charge is 2.19. The maximum atomic E-state index is 12.8. The number of ether oxygens (including phenoxy) is 3. The highest BCUT2D eigenvalue weighted by Crippen LogP contribution is 2.13. The fraction of sp³-hybridized carbons (Fsp3) is 0.547. The summed E-state index contributed by atoms with van der Waals surface area (Å²) in [5.41, 5.74) is 0. The Bertz CT molecular complexity index is 1620. The maximum absolute atomic E-state index is 12.8. The second-order valence-electron chi connectivity index (χ2n) is 17.6. The van der Waals surface area contributed by atoms with Gasteiger partial charge in [-0.05, 0) is 103 Å². The molecule has 0 rings (SSSR count). The van der Waals surface area contributed by atoms with Gasteiger partial charge >= 0.3 is 17.9 Å². The smallest absolute Gasteiger partial charge is 0.306 e. The van der Waals surface area contributed by atoms with Crippen LogP contribution in [0, 0.1) is 0 Å². The SMILES string of the molecule is CC\C=C/C=C\C=C/C=C\C=C/CCCCCC(=O)OCC(COC(=O)CCCCCCCC/C=C\C/C=C\C/C=C\C/C=C\CC)OC(=O)CCCCCCC\C=C/C=C\C=C/C=C\CCCCC. The van der Waals surface area contributed by atoms with Crippen molar-refractivity contribution in [2.75, 3.05) is 13.2 Å². The van der Waals surface area contributed by atoms with Gasteiger partial charge in [0.05, 0.1) is 0 Å². The first-order valence-corrected chi connectivity index (χ1v) is 27.6. The van der Waals surface area contributed by atoms with E-state index in [1.807, 2.05) is 48.6 Å². The molecule has 6 nitrogen and oxygen atoms in total. The minimum absolute atomic E-state index is 0.117. The number of hydrogen-bond donors (Lipinski definition) is 0. The number of rotatable bonds is 47. The van der Waals surface area contributed by atoms with Crippen LogP contribution in [0.1, 0.15) is 207 Å². The molecular weight excluding hydrogens is 865 g/mol. The number of allylic oxidation sites excluding steroid dienone is 26. The summed E-state index contributed by atoms with van der Waals surface area (Å²) in [5, 5.41) is 0. The molecule has 0 amide bonds. The number of carbonyl (C=O) groups excluding carboxylic acids is 3. The second kappa shape index (κ2) is 56.6. The summed E-state index contributed by atoms with van der Waals surface area (Å²) in [6.07, 6.45) is 82.2. The van der Waals surface area contributed by atoms with Gasteiger partial charge in [-0.2, -0.15) is 0 Å². The molecule has 6 heteroatoms. The molecule has 0 radical (unpaired) electrons. The Labute approximate surface area is 429 Å². The zero-order valence-electron chi connectivity index (χ0n) is 44.5. The summed E-state index contributed by atoms with van der Waals surface area (Å²) in [4.78, 5) is 38.1. The van der Waals surface area contributed by atoms with E-state index in [1.54, 1.807) is 0 Å². The number of hydrogen-bond acceptors (Lipinski definition) is 6. The van der Waals surface area contributed by atoms with E-state index in [9.17, 15) is 14.4 Å². The van der Waals surface area contributed by atoms with Crippen molar-refractivity contribution in [3.8, 4) is 0 Å². The van der Waals surface area contributed by atoms with Gasteiger partial charge in [0.15, 0.2) is 6.10 Å². The van der Waals surface area contributed by atoms with E-state index in [4.69, 9.17) is 14.2 Å². The minimum Gasteiger partial charge on any atom is -0.462 e. The molecule has 0 aliphatic heterocycles. The van der Waals surface area contributed by atoms with E-state index in [2.05, 4.69) is 130 Å².